The van der Waals surface area contributed by atoms with E-state index < -0.39 is 0 Å². The lowest BCUT2D eigenvalue weighted by Gasteiger charge is -2.23. The molecule has 0 radical (unpaired) electrons. The van der Waals surface area contributed by atoms with Crippen LogP contribution in [0.1, 0.15) is 29.2 Å². The number of hydrogen-bond donors (Lipinski definition) is 1. The van der Waals surface area contributed by atoms with Crippen molar-refractivity contribution in [1.29, 1.82) is 0 Å². The average molecular weight is 282 g/mol. The van der Waals surface area contributed by atoms with Crippen LogP contribution in [-0.2, 0) is 6.42 Å². The molecular formula is C19H26N2. The zero-order valence-electron chi connectivity index (χ0n) is 13.8. The lowest BCUT2D eigenvalue weighted by molar-refractivity contribution is 0.737. The number of aryl methyl sites for hydroxylation is 3. The summed E-state index contributed by atoms with van der Waals surface area (Å²) in [5.41, 5.74) is 13.5. The Balaban J connectivity index is 2.32. The number of nitrogens with two attached hydrogens (primary N) is 1. The van der Waals surface area contributed by atoms with Gasteiger partial charge in [0.2, 0.25) is 0 Å². The first-order chi connectivity index (χ1) is 9.86. The molecule has 0 fully saturated rings. The molecule has 2 N–H and O–H groups in total. The molecule has 0 heterocycles. The third-order valence-corrected chi connectivity index (χ3v) is 3.77. The average Bonchev–Trinajstić information content (AvgIpc) is 2.36. The van der Waals surface area contributed by atoms with E-state index in [1.165, 1.54) is 33.6 Å². The van der Waals surface area contributed by atoms with Crippen LogP contribution in [0, 0.1) is 20.8 Å². The summed E-state index contributed by atoms with van der Waals surface area (Å²) in [6.07, 6.45) is 0.925. The number of nitrogens with zero attached hydrogens (tertiary/aromatic N) is 1. The maximum absolute atomic E-state index is 5.89. The number of rotatable bonds is 4. The third-order valence-electron chi connectivity index (χ3n) is 3.77. The number of hydrogen-bond acceptors (Lipinski definition) is 2. The van der Waals surface area contributed by atoms with E-state index in [2.05, 4.69) is 69.1 Å². The predicted octanol–water partition coefficient (Wildman–Crippen LogP) is 4.27. The van der Waals surface area contributed by atoms with Crippen LogP contribution in [0.2, 0.25) is 0 Å². The van der Waals surface area contributed by atoms with Gasteiger partial charge in [0.05, 0.1) is 0 Å². The van der Waals surface area contributed by atoms with Crippen LogP contribution in [0.5, 0.6) is 0 Å². The van der Waals surface area contributed by atoms with Gasteiger partial charge in [-0.15, -0.1) is 0 Å². The maximum Gasteiger partial charge on any atom is 0.0437 e. The molecule has 2 aromatic rings. The van der Waals surface area contributed by atoms with Gasteiger partial charge >= 0.3 is 0 Å². The van der Waals surface area contributed by atoms with Gasteiger partial charge in [0.1, 0.15) is 0 Å². The minimum absolute atomic E-state index is 0.201. The summed E-state index contributed by atoms with van der Waals surface area (Å²) >= 11 is 0. The highest BCUT2D eigenvalue weighted by molar-refractivity contribution is 5.67. The summed E-state index contributed by atoms with van der Waals surface area (Å²) < 4.78 is 0. The zero-order chi connectivity index (χ0) is 15.6. The Hall–Kier alpha value is -1.80. The van der Waals surface area contributed by atoms with Crippen molar-refractivity contribution in [2.75, 3.05) is 11.9 Å². The van der Waals surface area contributed by atoms with Gasteiger partial charge in [-0.05, 0) is 74.6 Å². The van der Waals surface area contributed by atoms with Gasteiger partial charge in [-0.3, -0.25) is 0 Å². The minimum atomic E-state index is 0.201. The molecule has 2 nitrogen and oxygen atoms in total. The van der Waals surface area contributed by atoms with E-state index in [0.29, 0.717) is 0 Å². The van der Waals surface area contributed by atoms with Crippen molar-refractivity contribution >= 4 is 11.4 Å². The van der Waals surface area contributed by atoms with Crippen molar-refractivity contribution in [2.24, 2.45) is 5.73 Å². The second kappa shape index (κ2) is 6.31. The monoisotopic (exact) mass is 282 g/mol. The molecule has 112 valence electrons. The summed E-state index contributed by atoms with van der Waals surface area (Å²) in [7, 11) is 2.13. The van der Waals surface area contributed by atoms with E-state index in [4.69, 9.17) is 5.73 Å². The smallest absolute Gasteiger partial charge is 0.0437 e. The lowest BCUT2D eigenvalue weighted by atomic mass is 10.0. The van der Waals surface area contributed by atoms with E-state index in [1.54, 1.807) is 0 Å². The fourth-order valence-corrected chi connectivity index (χ4v) is 2.88. The molecule has 2 heteroatoms. The molecule has 1 atom stereocenters. The van der Waals surface area contributed by atoms with Crippen molar-refractivity contribution in [2.45, 2.75) is 40.2 Å². The SMILES string of the molecule is Cc1cc(C)cc(N(C)c2ccc(CC(C)N)cc2C)c1. The van der Waals surface area contributed by atoms with Gasteiger partial charge in [-0.25, -0.2) is 0 Å². The van der Waals surface area contributed by atoms with Crippen molar-refractivity contribution in [1.82, 2.24) is 0 Å². The van der Waals surface area contributed by atoms with E-state index in [9.17, 15) is 0 Å². The Morgan fingerprint density at radius 1 is 1.00 bits per heavy atom. The maximum atomic E-state index is 5.89. The van der Waals surface area contributed by atoms with Crippen LogP contribution in [0.25, 0.3) is 0 Å². The van der Waals surface area contributed by atoms with Crippen LogP contribution < -0.4 is 10.6 Å². The van der Waals surface area contributed by atoms with E-state index in [-0.39, 0.29) is 6.04 Å². The lowest BCUT2D eigenvalue weighted by Crippen LogP contribution is -2.18. The standard InChI is InChI=1S/C19H26N2/c1-13-8-14(2)10-18(9-13)21(5)19-7-6-17(11-15(19)3)12-16(4)20/h6-11,16H,12,20H2,1-5H3. The van der Waals surface area contributed by atoms with Gasteiger partial charge in [-0.2, -0.15) is 0 Å². The molecule has 0 saturated carbocycles. The summed E-state index contributed by atoms with van der Waals surface area (Å²) in [6, 6.07) is 13.5. The molecule has 0 amide bonds. The third kappa shape index (κ3) is 3.85. The van der Waals surface area contributed by atoms with E-state index in [1.807, 2.05) is 6.92 Å². The molecule has 2 aromatic carbocycles. The van der Waals surface area contributed by atoms with Gasteiger partial charge in [-0.1, -0.05) is 18.2 Å². The molecule has 0 aromatic heterocycles. The van der Waals surface area contributed by atoms with Gasteiger partial charge in [0, 0.05) is 24.5 Å². The normalized spacial score (nSPS) is 12.3. The summed E-state index contributed by atoms with van der Waals surface area (Å²) in [4.78, 5) is 2.25. The number of anilines is 2. The van der Waals surface area contributed by atoms with Crippen molar-refractivity contribution in [3.05, 3.63) is 58.7 Å². The van der Waals surface area contributed by atoms with Crippen molar-refractivity contribution in [3.8, 4) is 0 Å². The topological polar surface area (TPSA) is 29.3 Å². The molecule has 21 heavy (non-hydrogen) atoms. The molecule has 0 aliphatic rings. The molecule has 0 spiro atoms. The Labute approximate surface area is 128 Å². The highest BCUT2D eigenvalue weighted by atomic mass is 15.1. The summed E-state index contributed by atoms with van der Waals surface area (Å²) in [6.45, 7) is 8.50. The van der Waals surface area contributed by atoms with Gasteiger partial charge in [0.15, 0.2) is 0 Å². The van der Waals surface area contributed by atoms with Crippen LogP contribution in [-0.4, -0.2) is 13.1 Å². The fraction of sp³-hybridized carbons (Fsp3) is 0.368. The molecule has 0 aliphatic heterocycles. The Kier molecular flexibility index (Phi) is 4.69. The largest absolute Gasteiger partial charge is 0.344 e. The summed E-state index contributed by atoms with van der Waals surface area (Å²) in [5, 5.41) is 0. The van der Waals surface area contributed by atoms with Gasteiger partial charge < -0.3 is 10.6 Å². The first-order valence-electron chi connectivity index (χ1n) is 7.54. The van der Waals surface area contributed by atoms with Crippen LogP contribution >= 0.6 is 0 Å². The highest BCUT2D eigenvalue weighted by Gasteiger charge is 2.09. The van der Waals surface area contributed by atoms with Crippen LogP contribution in [0.15, 0.2) is 36.4 Å². The first kappa shape index (κ1) is 15.6. The minimum Gasteiger partial charge on any atom is -0.344 e. The van der Waals surface area contributed by atoms with Crippen molar-refractivity contribution in [3.63, 3.8) is 0 Å². The van der Waals surface area contributed by atoms with Crippen LogP contribution in [0.3, 0.4) is 0 Å². The fourth-order valence-electron chi connectivity index (χ4n) is 2.88. The second-order valence-electron chi connectivity index (χ2n) is 6.21. The molecule has 2 rings (SSSR count). The Morgan fingerprint density at radius 3 is 2.14 bits per heavy atom. The van der Waals surface area contributed by atoms with Gasteiger partial charge in [0.25, 0.3) is 0 Å². The molecule has 0 saturated heterocycles. The number of benzene rings is 2. The van der Waals surface area contributed by atoms with E-state index >= 15 is 0 Å². The quantitative estimate of drug-likeness (QED) is 0.907. The molecule has 0 aliphatic carbocycles. The van der Waals surface area contributed by atoms with Crippen LogP contribution in [0.4, 0.5) is 11.4 Å². The second-order valence-corrected chi connectivity index (χ2v) is 6.21. The van der Waals surface area contributed by atoms with Crippen molar-refractivity contribution < 1.29 is 0 Å². The predicted molar refractivity (Wildman–Crippen MR) is 92.5 cm³/mol. The molecule has 1 unspecified atom stereocenters. The summed E-state index contributed by atoms with van der Waals surface area (Å²) in [5.74, 6) is 0. The van der Waals surface area contributed by atoms with E-state index in [0.717, 1.165) is 6.42 Å². The molecule has 0 bridgehead atoms. The highest BCUT2D eigenvalue weighted by Crippen LogP contribution is 2.29. The first-order valence-corrected chi connectivity index (χ1v) is 7.54. The molecular weight excluding hydrogens is 256 g/mol. The zero-order valence-corrected chi connectivity index (χ0v) is 13.8. The Bertz CT molecular complexity index is 609. The Morgan fingerprint density at radius 2 is 1.62 bits per heavy atom.